The number of hydrogen-bond acceptors (Lipinski definition) is 6. The summed E-state index contributed by atoms with van der Waals surface area (Å²) in [7, 11) is 0. The largest absolute Gasteiger partial charge is 0.427 e. The van der Waals surface area contributed by atoms with Gasteiger partial charge in [-0.05, 0) is 67.5 Å². The topological polar surface area (TPSA) is 125 Å². The lowest BCUT2D eigenvalue weighted by atomic mass is 9.81. The third-order valence-electron chi connectivity index (χ3n) is 10.4. The molecule has 1 unspecified atom stereocenters. The molecule has 5 rings (SSSR count). The molecule has 2 aromatic carbocycles. The summed E-state index contributed by atoms with van der Waals surface area (Å²) >= 11 is 0. The minimum Gasteiger partial charge on any atom is -0.427 e. The third-order valence-corrected chi connectivity index (χ3v) is 10.4. The van der Waals surface area contributed by atoms with Crippen LogP contribution in [-0.4, -0.2) is 64.8 Å². The van der Waals surface area contributed by atoms with E-state index in [4.69, 9.17) is 4.74 Å². The van der Waals surface area contributed by atoms with Crippen LogP contribution in [0.25, 0.3) is 0 Å². The molecule has 1 aliphatic heterocycles. The van der Waals surface area contributed by atoms with Crippen LogP contribution in [0.5, 0.6) is 0 Å². The summed E-state index contributed by atoms with van der Waals surface area (Å²) in [4.78, 5) is 65.6. The highest BCUT2D eigenvalue weighted by molar-refractivity contribution is 6.06. The van der Waals surface area contributed by atoms with E-state index >= 15 is 0 Å². The van der Waals surface area contributed by atoms with Crippen LogP contribution in [-0.2, 0) is 42.5 Å². The Hall–Kier alpha value is -4.49. The fraction of sp³-hybridized carbons (Fsp3) is 0.553. The van der Waals surface area contributed by atoms with Gasteiger partial charge in [-0.3, -0.25) is 19.2 Å². The van der Waals surface area contributed by atoms with Gasteiger partial charge in [0.1, 0.15) is 18.4 Å². The summed E-state index contributed by atoms with van der Waals surface area (Å²) in [6.07, 6.45) is 5.17. The Morgan fingerprint density at radius 1 is 0.981 bits per heavy atom. The number of halogens is 4. The number of anilines is 1. The van der Waals surface area contributed by atoms with Gasteiger partial charge in [0.2, 0.25) is 23.3 Å². The molecular formula is C38H46F4N4O6. The van der Waals surface area contributed by atoms with Crippen LogP contribution < -0.4 is 10.6 Å². The number of carbonyl (C=O) groups is 5. The minimum atomic E-state index is -4.81. The van der Waals surface area contributed by atoms with Gasteiger partial charge in [0.25, 0.3) is 5.91 Å². The van der Waals surface area contributed by atoms with E-state index in [0.717, 1.165) is 44.2 Å². The number of aryl methyl sites for hydroxylation is 1. The van der Waals surface area contributed by atoms with Crippen molar-refractivity contribution in [2.24, 2.45) is 5.92 Å². The highest BCUT2D eigenvalue weighted by atomic mass is 19.4. The molecule has 282 valence electrons. The predicted octanol–water partition coefficient (Wildman–Crippen LogP) is 6.90. The molecule has 1 heterocycles. The highest BCUT2D eigenvalue weighted by Crippen LogP contribution is 2.46. The number of fused-ring (bicyclic) bond motifs is 2. The standard InChI is InChI=1S/C38H46F4N4O6/c1-25(38(40,41)42)45(23-27-13-15-29(39)16-14-27)34(49)24-46-35(50)37(52-36(46)51)20-19-28-22-30(17-18-31(28)37)44-33(48)12-7-21-43-32(47)11-5-3-2-4-8-26-9-6-10-26/h13-18,22,25-26H,2-12,19-21,23-24H2,1H3,(H,43,47)(H,44,48)/t25-,37?/m0/s1. The number of hydrogen-bond donors (Lipinski definition) is 2. The summed E-state index contributed by atoms with van der Waals surface area (Å²) in [5, 5.41) is 5.67. The number of ether oxygens (including phenoxy) is 1. The Morgan fingerprint density at radius 3 is 2.38 bits per heavy atom. The average molecular weight is 731 g/mol. The van der Waals surface area contributed by atoms with E-state index in [0.29, 0.717) is 52.4 Å². The number of alkyl halides is 3. The molecule has 2 fully saturated rings. The molecule has 5 amide bonds. The Balaban J connectivity index is 1.10. The van der Waals surface area contributed by atoms with Gasteiger partial charge < -0.3 is 20.3 Å². The second-order valence-corrected chi connectivity index (χ2v) is 14.1. The molecule has 2 atom stereocenters. The van der Waals surface area contributed by atoms with E-state index < -0.39 is 54.6 Å². The lowest BCUT2D eigenvalue weighted by molar-refractivity contribution is -0.187. The Kier molecular flexibility index (Phi) is 12.6. The molecule has 2 aromatic rings. The lowest BCUT2D eigenvalue weighted by Crippen LogP contribution is -2.51. The lowest BCUT2D eigenvalue weighted by Gasteiger charge is -2.31. The van der Waals surface area contributed by atoms with Crippen LogP contribution in [0.1, 0.15) is 101 Å². The number of unbranched alkanes of at least 4 members (excludes halogenated alkanes) is 3. The van der Waals surface area contributed by atoms with Crippen molar-refractivity contribution in [3.8, 4) is 0 Å². The summed E-state index contributed by atoms with van der Waals surface area (Å²) < 4.78 is 60.2. The summed E-state index contributed by atoms with van der Waals surface area (Å²) in [6.45, 7) is -0.347. The normalized spacial score (nSPS) is 18.9. The fourth-order valence-corrected chi connectivity index (χ4v) is 7.00. The second kappa shape index (κ2) is 16.9. The summed E-state index contributed by atoms with van der Waals surface area (Å²) in [5.74, 6) is -1.97. The smallest absolute Gasteiger partial charge is 0.418 e. The first-order chi connectivity index (χ1) is 24.8. The summed E-state index contributed by atoms with van der Waals surface area (Å²) in [5.41, 5.74) is -0.0652. The number of nitrogens with one attached hydrogen (secondary N) is 2. The van der Waals surface area contributed by atoms with Gasteiger partial charge in [-0.1, -0.05) is 63.1 Å². The van der Waals surface area contributed by atoms with E-state index in [-0.39, 0.29) is 30.2 Å². The molecule has 1 saturated carbocycles. The van der Waals surface area contributed by atoms with Crippen molar-refractivity contribution in [1.29, 1.82) is 0 Å². The number of amides is 5. The van der Waals surface area contributed by atoms with Gasteiger partial charge in [0.15, 0.2) is 0 Å². The molecular weight excluding hydrogens is 684 g/mol. The van der Waals surface area contributed by atoms with Crippen LogP contribution in [0.4, 0.5) is 28.0 Å². The SMILES string of the molecule is C[C@H](N(Cc1ccc(F)cc1)C(=O)CN1C(=O)OC2(CCc3cc(NC(=O)CCCNC(=O)CCCCCCC4CCC4)ccc32)C1=O)C(F)(F)F. The molecule has 52 heavy (non-hydrogen) atoms. The van der Waals surface area contributed by atoms with Crippen LogP contribution in [0.2, 0.25) is 0 Å². The molecule has 10 nitrogen and oxygen atoms in total. The highest BCUT2D eigenvalue weighted by Gasteiger charge is 2.58. The third kappa shape index (κ3) is 9.48. The van der Waals surface area contributed by atoms with E-state index in [1.807, 2.05) is 0 Å². The first-order valence-electron chi connectivity index (χ1n) is 18.1. The van der Waals surface area contributed by atoms with Crippen molar-refractivity contribution in [1.82, 2.24) is 15.1 Å². The van der Waals surface area contributed by atoms with Crippen molar-refractivity contribution in [2.75, 3.05) is 18.4 Å². The zero-order valence-electron chi connectivity index (χ0n) is 29.4. The van der Waals surface area contributed by atoms with E-state index in [2.05, 4.69) is 10.6 Å². The van der Waals surface area contributed by atoms with Crippen LogP contribution in [0, 0.1) is 11.7 Å². The van der Waals surface area contributed by atoms with Gasteiger partial charge >= 0.3 is 12.3 Å². The fourth-order valence-electron chi connectivity index (χ4n) is 7.00. The van der Waals surface area contributed by atoms with Gasteiger partial charge in [-0.15, -0.1) is 0 Å². The number of nitrogens with zero attached hydrogens (tertiary/aromatic N) is 2. The molecule has 1 spiro atoms. The van der Waals surface area contributed by atoms with Gasteiger partial charge in [-0.2, -0.15) is 13.2 Å². The minimum absolute atomic E-state index is 0.0183. The van der Waals surface area contributed by atoms with Crippen LogP contribution in [0.3, 0.4) is 0 Å². The molecule has 3 aliphatic rings. The maximum atomic E-state index is 13.7. The number of carbonyl (C=O) groups excluding carboxylic acids is 5. The molecule has 0 radical (unpaired) electrons. The number of rotatable bonds is 17. The van der Waals surface area contributed by atoms with Crippen molar-refractivity contribution in [3.63, 3.8) is 0 Å². The Bertz CT molecular complexity index is 1630. The van der Waals surface area contributed by atoms with Gasteiger partial charge in [-0.25, -0.2) is 14.1 Å². The van der Waals surface area contributed by atoms with E-state index in [1.165, 1.54) is 44.2 Å². The Morgan fingerprint density at radius 2 is 1.69 bits per heavy atom. The van der Waals surface area contributed by atoms with Crippen molar-refractivity contribution in [2.45, 2.75) is 115 Å². The summed E-state index contributed by atoms with van der Waals surface area (Å²) in [6, 6.07) is 7.11. The molecule has 2 N–H and O–H groups in total. The maximum Gasteiger partial charge on any atom is 0.418 e. The molecule has 2 aliphatic carbocycles. The van der Waals surface area contributed by atoms with Crippen LogP contribution in [0.15, 0.2) is 42.5 Å². The molecule has 1 saturated heterocycles. The zero-order valence-corrected chi connectivity index (χ0v) is 29.4. The Labute approximate surface area is 300 Å². The quantitative estimate of drug-likeness (QED) is 0.135. The first-order valence-corrected chi connectivity index (χ1v) is 18.1. The van der Waals surface area contributed by atoms with Crippen molar-refractivity contribution >= 4 is 35.4 Å². The van der Waals surface area contributed by atoms with Crippen molar-refractivity contribution in [3.05, 3.63) is 65.0 Å². The van der Waals surface area contributed by atoms with Crippen molar-refractivity contribution < 1.29 is 46.3 Å². The van der Waals surface area contributed by atoms with Crippen LogP contribution >= 0.6 is 0 Å². The molecule has 0 aromatic heterocycles. The van der Waals surface area contributed by atoms with E-state index in [9.17, 15) is 41.5 Å². The predicted molar refractivity (Wildman–Crippen MR) is 183 cm³/mol. The number of imide groups is 1. The monoisotopic (exact) mass is 730 g/mol. The zero-order chi connectivity index (χ0) is 37.5. The van der Waals surface area contributed by atoms with E-state index in [1.54, 1.807) is 18.2 Å². The number of benzene rings is 2. The first kappa shape index (κ1) is 38.7. The maximum absolute atomic E-state index is 13.7. The second-order valence-electron chi connectivity index (χ2n) is 14.1. The molecule has 0 bridgehead atoms. The van der Waals surface area contributed by atoms with Gasteiger partial charge in [0.05, 0.1) is 0 Å². The average Bonchev–Trinajstić information content (AvgIpc) is 3.55. The van der Waals surface area contributed by atoms with Gasteiger partial charge in [0, 0.05) is 43.6 Å². The molecule has 14 heteroatoms.